The number of nitrogens with zero attached hydrogens (tertiary/aromatic N) is 1. The highest BCUT2D eigenvalue weighted by molar-refractivity contribution is 7.89. The van der Waals surface area contributed by atoms with Gasteiger partial charge in [-0.2, -0.15) is 4.31 Å². The van der Waals surface area contributed by atoms with Crippen LogP contribution in [-0.2, 0) is 14.8 Å². The Morgan fingerprint density at radius 2 is 1.81 bits per heavy atom. The molecule has 9 heteroatoms. The Morgan fingerprint density at radius 1 is 1.15 bits per heavy atom. The molecule has 0 unspecified atom stereocenters. The monoisotopic (exact) mass is 410 g/mol. The number of anilines is 1. The normalized spacial score (nSPS) is 15.3. The Morgan fingerprint density at radius 3 is 2.44 bits per heavy atom. The van der Waals surface area contributed by atoms with Crippen LogP contribution in [0.25, 0.3) is 0 Å². The van der Waals surface area contributed by atoms with Crippen molar-refractivity contribution in [2.24, 2.45) is 0 Å². The Balaban J connectivity index is 1.77. The number of sulfonamides is 1. The van der Waals surface area contributed by atoms with Crippen LogP contribution in [0.15, 0.2) is 47.4 Å². The second-order valence-corrected chi connectivity index (χ2v) is 8.21. The molecule has 0 radical (unpaired) electrons. The van der Waals surface area contributed by atoms with E-state index in [2.05, 4.69) is 5.32 Å². The van der Waals surface area contributed by atoms with Crippen molar-refractivity contribution in [3.8, 4) is 5.75 Å². The molecule has 1 aliphatic heterocycles. The molecule has 7 nitrogen and oxygen atoms in total. The molecular weight excluding hydrogens is 392 g/mol. The van der Waals surface area contributed by atoms with Crippen LogP contribution in [0.3, 0.4) is 0 Å². The van der Waals surface area contributed by atoms with Gasteiger partial charge in [0.1, 0.15) is 5.75 Å². The van der Waals surface area contributed by atoms with Crippen LogP contribution in [0.1, 0.15) is 10.4 Å². The number of rotatable bonds is 5. The van der Waals surface area contributed by atoms with Gasteiger partial charge in [-0.3, -0.25) is 4.79 Å². The first-order chi connectivity index (χ1) is 12.9. The maximum atomic E-state index is 12.6. The van der Waals surface area contributed by atoms with E-state index in [1.54, 1.807) is 18.2 Å². The van der Waals surface area contributed by atoms with E-state index in [9.17, 15) is 13.2 Å². The molecule has 1 amide bonds. The first kappa shape index (κ1) is 19.6. The van der Waals surface area contributed by atoms with Gasteiger partial charge in [0.15, 0.2) is 0 Å². The zero-order valence-electron chi connectivity index (χ0n) is 14.6. The maximum absolute atomic E-state index is 12.6. The number of benzene rings is 2. The third-order valence-electron chi connectivity index (χ3n) is 4.13. The quantitative estimate of drug-likeness (QED) is 0.819. The molecule has 2 aromatic carbocycles. The van der Waals surface area contributed by atoms with Crippen LogP contribution < -0.4 is 10.1 Å². The number of morpholine rings is 1. The van der Waals surface area contributed by atoms with Gasteiger partial charge < -0.3 is 14.8 Å². The van der Waals surface area contributed by atoms with E-state index < -0.39 is 15.9 Å². The lowest BCUT2D eigenvalue weighted by Crippen LogP contribution is -2.40. The van der Waals surface area contributed by atoms with Gasteiger partial charge in [0.25, 0.3) is 5.91 Å². The molecule has 1 aliphatic rings. The molecule has 0 saturated carbocycles. The Kier molecular flexibility index (Phi) is 6.01. The Labute approximate surface area is 162 Å². The molecule has 2 aromatic rings. The number of ether oxygens (including phenoxy) is 2. The minimum Gasteiger partial charge on any atom is -0.495 e. The lowest BCUT2D eigenvalue weighted by molar-refractivity contribution is 0.0730. The van der Waals surface area contributed by atoms with E-state index in [0.29, 0.717) is 48.3 Å². The number of carbonyl (C=O) groups is 1. The summed E-state index contributed by atoms with van der Waals surface area (Å²) in [5, 5.41) is 3.17. The first-order valence-corrected chi connectivity index (χ1v) is 10.1. The summed E-state index contributed by atoms with van der Waals surface area (Å²) in [5.74, 6) is 0.0742. The van der Waals surface area contributed by atoms with Crippen LogP contribution in [0, 0.1) is 0 Å². The van der Waals surface area contributed by atoms with Crippen LogP contribution >= 0.6 is 11.6 Å². The summed E-state index contributed by atoms with van der Waals surface area (Å²) in [5.41, 5.74) is 0.748. The number of hydrogen-bond acceptors (Lipinski definition) is 5. The van der Waals surface area contributed by atoms with E-state index in [1.807, 2.05) is 0 Å². The van der Waals surface area contributed by atoms with E-state index in [4.69, 9.17) is 21.1 Å². The number of halogens is 1. The minimum absolute atomic E-state index is 0.140. The number of methoxy groups -OCH3 is 1. The molecule has 144 valence electrons. The number of carbonyl (C=O) groups excluding carboxylic acids is 1. The zero-order valence-corrected chi connectivity index (χ0v) is 16.2. The lowest BCUT2D eigenvalue weighted by atomic mass is 10.2. The van der Waals surface area contributed by atoms with Gasteiger partial charge in [-0.1, -0.05) is 11.6 Å². The molecule has 1 heterocycles. The number of amides is 1. The van der Waals surface area contributed by atoms with E-state index >= 15 is 0 Å². The molecule has 0 atom stereocenters. The van der Waals surface area contributed by atoms with Gasteiger partial charge in [-0.15, -0.1) is 0 Å². The van der Waals surface area contributed by atoms with Gasteiger partial charge in [0.2, 0.25) is 10.0 Å². The van der Waals surface area contributed by atoms with Gasteiger partial charge >= 0.3 is 0 Å². The van der Waals surface area contributed by atoms with E-state index in [0.717, 1.165) is 0 Å². The average molecular weight is 411 g/mol. The topological polar surface area (TPSA) is 84.9 Å². The fourth-order valence-corrected chi connectivity index (χ4v) is 4.27. The predicted octanol–water partition coefficient (Wildman–Crippen LogP) is 2.62. The summed E-state index contributed by atoms with van der Waals surface area (Å²) in [6.45, 7) is 1.39. The highest BCUT2D eigenvalue weighted by atomic mass is 35.5. The standard InChI is InChI=1S/C18H19ClN2O5S/c1-25-17-7-4-14(19)12-16(17)20-18(22)13-2-5-15(6-3-13)27(23,24)21-8-10-26-11-9-21/h2-7,12H,8-11H2,1H3,(H,20,22). The summed E-state index contributed by atoms with van der Waals surface area (Å²) in [6.07, 6.45) is 0. The molecule has 0 bridgehead atoms. The molecule has 27 heavy (non-hydrogen) atoms. The largest absolute Gasteiger partial charge is 0.495 e. The maximum Gasteiger partial charge on any atom is 0.255 e. The molecule has 1 saturated heterocycles. The fraction of sp³-hybridized carbons (Fsp3) is 0.278. The van der Waals surface area contributed by atoms with Crippen molar-refractivity contribution in [3.63, 3.8) is 0 Å². The Bertz CT molecular complexity index is 925. The van der Waals surface area contributed by atoms with Crippen molar-refractivity contribution in [2.45, 2.75) is 4.90 Å². The summed E-state index contributed by atoms with van der Waals surface area (Å²) >= 11 is 5.96. The molecule has 0 aromatic heterocycles. The fourth-order valence-electron chi connectivity index (χ4n) is 2.69. The van der Waals surface area contributed by atoms with Crippen molar-refractivity contribution in [1.29, 1.82) is 0 Å². The summed E-state index contributed by atoms with van der Waals surface area (Å²) in [7, 11) is -2.11. The van der Waals surface area contributed by atoms with Crippen molar-refractivity contribution in [1.82, 2.24) is 4.31 Å². The summed E-state index contributed by atoms with van der Waals surface area (Å²) < 4.78 is 37.0. The molecule has 0 aliphatic carbocycles. The van der Waals surface area contributed by atoms with Gasteiger partial charge in [0, 0.05) is 23.7 Å². The second-order valence-electron chi connectivity index (χ2n) is 5.84. The number of hydrogen-bond donors (Lipinski definition) is 1. The molecule has 0 spiro atoms. The van der Waals surface area contributed by atoms with Crippen LogP contribution in [0.5, 0.6) is 5.75 Å². The first-order valence-electron chi connectivity index (χ1n) is 8.24. The highest BCUT2D eigenvalue weighted by Gasteiger charge is 2.26. The molecular formula is C18H19ClN2O5S. The van der Waals surface area contributed by atoms with E-state index in [1.165, 1.54) is 35.7 Å². The number of nitrogens with one attached hydrogen (secondary N) is 1. The van der Waals surface area contributed by atoms with Crippen molar-refractivity contribution in [2.75, 3.05) is 38.7 Å². The summed E-state index contributed by atoms with van der Waals surface area (Å²) in [6, 6.07) is 10.7. The minimum atomic E-state index is -3.60. The van der Waals surface area contributed by atoms with Gasteiger partial charge in [0.05, 0.1) is 30.9 Å². The third-order valence-corrected chi connectivity index (χ3v) is 6.28. The van der Waals surface area contributed by atoms with Crippen molar-refractivity contribution < 1.29 is 22.7 Å². The SMILES string of the molecule is COc1ccc(Cl)cc1NC(=O)c1ccc(S(=O)(=O)N2CCOCC2)cc1. The lowest BCUT2D eigenvalue weighted by Gasteiger charge is -2.26. The van der Waals surface area contributed by atoms with Crippen molar-refractivity contribution in [3.05, 3.63) is 53.1 Å². The van der Waals surface area contributed by atoms with E-state index in [-0.39, 0.29) is 4.90 Å². The van der Waals surface area contributed by atoms with Gasteiger partial charge in [-0.05, 0) is 42.5 Å². The highest BCUT2D eigenvalue weighted by Crippen LogP contribution is 2.28. The average Bonchev–Trinajstić information content (AvgIpc) is 2.69. The zero-order chi connectivity index (χ0) is 19.4. The molecule has 1 N–H and O–H groups in total. The molecule has 1 fully saturated rings. The second kappa shape index (κ2) is 8.26. The Hall–Kier alpha value is -2.13. The van der Waals surface area contributed by atoms with Gasteiger partial charge in [-0.25, -0.2) is 8.42 Å². The predicted molar refractivity (Wildman–Crippen MR) is 102 cm³/mol. The van der Waals surface area contributed by atoms with Crippen LogP contribution in [-0.4, -0.2) is 52.0 Å². The molecule has 3 rings (SSSR count). The third kappa shape index (κ3) is 4.41. The van der Waals surface area contributed by atoms with Crippen LogP contribution in [0.4, 0.5) is 5.69 Å². The van der Waals surface area contributed by atoms with Crippen molar-refractivity contribution >= 4 is 33.2 Å². The summed E-state index contributed by atoms with van der Waals surface area (Å²) in [4.78, 5) is 12.6. The van der Waals surface area contributed by atoms with Crippen LogP contribution in [0.2, 0.25) is 5.02 Å². The smallest absolute Gasteiger partial charge is 0.255 e.